The van der Waals surface area contributed by atoms with Crippen LogP contribution in [0.4, 0.5) is 0 Å². The number of rotatable bonds is 6. The van der Waals surface area contributed by atoms with Gasteiger partial charge in [0.05, 0.1) is 5.52 Å². The summed E-state index contributed by atoms with van der Waals surface area (Å²) in [7, 11) is 0. The molecule has 0 atom stereocenters. The molecule has 3 aromatic rings. The van der Waals surface area contributed by atoms with Crippen LogP contribution in [0, 0.1) is 12.3 Å². The molecule has 1 radical (unpaired) electrons. The number of benzene rings is 2. The summed E-state index contributed by atoms with van der Waals surface area (Å²) < 4.78 is 1.85. The molecule has 0 aliphatic rings. The van der Waals surface area contributed by atoms with Crippen molar-refractivity contribution in [2.75, 3.05) is 0 Å². The largest absolute Gasteiger partial charge is 0.384 e. The lowest BCUT2D eigenvalue weighted by Gasteiger charge is -2.13. The molecule has 0 bridgehead atoms. The van der Waals surface area contributed by atoms with Crippen molar-refractivity contribution >= 4 is 16.7 Å². The molecule has 0 spiro atoms. The van der Waals surface area contributed by atoms with Gasteiger partial charge in [-0.05, 0) is 35.6 Å². The van der Waals surface area contributed by atoms with E-state index in [2.05, 4.69) is 6.92 Å². The smallest absolute Gasteiger partial charge is 0.258 e. The van der Waals surface area contributed by atoms with Gasteiger partial charge >= 0.3 is 0 Å². The summed E-state index contributed by atoms with van der Waals surface area (Å²) in [6, 6.07) is 17.1. The molecular weight excluding hydrogens is 310 g/mol. The van der Waals surface area contributed by atoms with Crippen molar-refractivity contribution in [2.45, 2.75) is 25.8 Å². The summed E-state index contributed by atoms with van der Waals surface area (Å²) in [5, 5.41) is 8.65. The highest BCUT2D eigenvalue weighted by Crippen LogP contribution is 2.22. The number of hydrogen-bond donors (Lipinski definition) is 2. The molecule has 0 saturated carbocycles. The number of nitrogens with zero attached hydrogens (tertiary/aromatic N) is 1. The number of unbranched alkanes of at least 4 members (excludes halogenated alkanes) is 2. The molecule has 1 aromatic heterocycles. The Bertz CT molecular complexity index is 972. The number of aryl methyl sites for hydroxylation is 1. The molecule has 1 heterocycles. The number of nitrogen functional groups attached to an aromatic ring is 1. The summed E-state index contributed by atoms with van der Waals surface area (Å²) in [4.78, 5) is 13.1. The lowest BCUT2D eigenvalue weighted by Crippen LogP contribution is -2.22. The minimum atomic E-state index is -0.0107. The zero-order chi connectivity index (χ0) is 17.8. The molecule has 0 aliphatic carbocycles. The quantitative estimate of drug-likeness (QED) is 0.407. The first-order valence-electron chi connectivity index (χ1n) is 8.48. The molecule has 0 amide bonds. The first-order valence-corrected chi connectivity index (χ1v) is 8.48. The van der Waals surface area contributed by atoms with Gasteiger partial charge in [0.15, 0.2) is 0 Å². The topological polar surface area (TPSA) is 71.9 Å². The van der Waals surface area contributed by atoms with Gasteiger partial charge in [-0.25, -0.2) is 0 Å². The minimum Gasteiger partial charge on any atom is -0.384 e. The standard InChI is InChI=1S/C21H22N3O/c1-2-3-6-12-24-19-11-5-4-8-16(19)14-18(21(24)25)15-9-7-10-17(13-15)20(22)23/h4-5,7-11,13-14H,1-3,6,12H2,(H3,22,23). The first-order chi connectivity index (χ1) is 12.1. The second-order valence-corrected chi connectivity index (χ2v) is 6.13. The minimum absolute atomic E-state index is 0.00147. The van der Waals surface area contributed by atoms with Gasteiger partial charge in [0.25, 0.3) is 5.56 Å². The molecular formula is C21H22N3O. The van der Waals surface area contributed by atoms with Crippen LogP contribution < -0.4 is 11.3 Å². The molecule has 127 valence electrons. The van der Waals surface area contributed by atoms with Crippen molar-refractivity contribution in [1.82, 2.24) is 4.57 Å². The van der Waals surface area contributed by atoms with E-state index in [9.17, 15) is 4.79 Å². The van der Waals surface area contributed by atoms with Gasteiger partial charge in [0, 0.05) is 17.7 Å². The van der Waals surface area contributed by atoms with Crippen LogP contribution in [0.15, 0.2) is 59.4 Å². The van der Waals surface area contributed by atoms with Crippen LogP contribution >= 0.6 is 0 Å². The normalized spacial score (nSPS) is 10.9. The van der Waals surface area contributed by atoms with Crippen molar-refractivity contribution in [1.29, 1.82) is 5.41 Å². The highest BCUT2D eigenvalue weighted by molar-refractivity contribution is 5.96. The number of fused-ring (bicyclic) bond motifs is 1. The van der Waals surface area contributed by atoms with E-state index in [1.165, 1.54) is 0 Å². The molecule has 0 fully saturated rings. The molecule has 2 aromatic carbocycles. The Kier molecular flexibility index (Phi) is 4.98. The van der Waals surface area contributed by atoms with E-state index in [4.69, 9.17) is 11.1 Å². The molecule has 4 nitrogen and oxygen atoms in total. The number of nitrogens with two attached hydrogens (primary N) is 1. The zero-order valence-electron chi connectivity index (χ0n) is 14.2. The van der Waals surface area contributed by atoms with E-state index in [0.29, 0.717) is 17.7 Å². The monoisotopic (exact) mass is 332 g/mol. The van der Waals surface area contributed by atoms with Gasteiger partial charge < -0.3 is 10.3 Å². The Hall–Kier alpha value is -2.88. The van der Waals surface area contributed by atoms with Crippen LogP contribution in [0.3, 0.4) is 0 Å². The lowest BCUT2D eigenvalue weighted by atomic mass is 10.0. The van der Waals surface area contributed by atoms with E-state index >= 15 is 0 Å². The molecule has 3 rings (SSSR count). The molecule has 25 heavy (non-hydrogen) atoms. The fraction of sp³-hybridized carbons (Fsp3) is 0.190. The van der Waals surface area contributed by atoms with E-state index in [-0.39, 0.29) is 11.4 Å². The summed E-state index contributed by atoms with van der Waals surface area (Å²) in [5.74, 6) is -0.00147. The fourth-order valence-corrected chi connectivity index (χ4v) is 3.06. The maximum absolute atomic E-state index is 13.1. The second kappa shape index (κ2) is 7.34. The second-order valence-electron chi connectivity index (χ2n) is 6.13. The predicted octanol–water partition coefficient (Wildman–Crippen LogP) is 3.96. The summed E-state index contributed by atoms with van der Waals surface area (Å²) in [6.07, 6.45) is 2.78. The summed E-state index contributed by atoms with van der Waals surface area (Å²) in [6.45, 7) is 4.55. The lowest BCUT2D eigenvalue weighted by molar-refractivity contribution is 0.614. The Morgan fingerprint density at radius 1 is 1.08 bits per heavy atom. The van der Waals surface area contributed by atoms with E-state index < -0.39 is 0 Å². The molecule has 0 unspecified atom stereocenters. The number of aromatic nitrogens is 1. The number of pyridine rings is 1. The van der Waals surface area contributed by atoms with E-state index in [0.717, 1.165) is 35.7 Å². The molecule has 0 saturated heterocycles. The number of hydrogen-bond acceptors (Lipinski definition) is 2. The third-order valence-corrected chi connectivity index (χ3v) is 4.37. The van der Waals surface area contributed by atoms with Crippen molar-refractivity contribution in [3.05, 3.63) is 77.4 Å². The molecule has 4 heteroatoms. The van der Waals surface area contributed by atoms with E-state index in [1.54, 1.807) is 12.1 Å². The Balaban J connectivity index is 2.19. The summed E-state index contributed by atoms with van der Waals surface area (Å²) >= 11 is 0. The van der Waals surface area contributed by atoms with Gasteiger partial charge in [0.2, 0.25) is 0 Å². The van der Waals surface area contributed by atoms with Crippen LogP contribution in [0.25, 0.3) is 22.0 Å². The Labute approximate surface area is 147 Å². The van der Waals surface area contributed by atoms with Crippen LogP contribution in [-0.4, -0.2) is 10.4 Å². The fourth-order valence-electron chi connectivity index (χ4n) is 3.06. The van der Waals surface area contributed by atoms with Gasteiger partial charge in [-0.15, -0.1) is 0 Å². The summed E-state index contributed by atoms with van der Waals surface area (Å²) in [5.41, 5.74) is 8.57. The highest BCUT2D eigenvalue weighted by Gasteiger charge is 2.11. The van der Waals surface area contributed by atoms with Crippen LogP contribution in [-0.2, 0) is 6.54 Å². The maximum atomic E-state index is 13.1. The van der Waals surface area contributed by atoms with Crippen molar-refractivity contribution in [2.24, 2.45) is 5.73 Å². The van der Waals surface area contributed by atoms with Gasteiger partial charge in [-0.2, -0.15) is 0 Å². The molecule has 3 N–H and O–H groups in total. The maximum Gasteiger partial charge on any atom is 0.258 e. The van der Waals surface area contributed by atoms with Gasteiger partial charge in [-0.3, -0.25) is 10.2 Å². The zero-order valence-corrected chi connectivity index (χ0v) is 14.2. The van der Waals surface area contributed by atoms with Gasteiger partial charge in [0.1, 0.15) is 5.84 Å². The van der Waals surface area contributed by atoms with Crippen LogP contribution in [0.1, 0.15) is 24.8 Å². The van der Waals surface area contributed by atoms with Crippen molar-refractivity contribution < 1.29 is 0 Å². The van der Waals surface area contributed by atoms with Gasteiger partial charge in [-0.1, -0.05) is 56.2 Å². The Morgan fingerprint density at radius 2 is 1.88 bits per heavy atom. The Morgan fingerprint density at radius 3 is 2.64 bits per heavy atom. The van der Waals surface area contributed by atoms with Crippen molar-refractivity contribution in [3.8, 4) is 11.1 Å². The average Bonchev–Trinajstić information content (AvgIpc) is 2.63. The van der Waals surface area contributed by atoms with Crippen LogP contribution in [0.2, 0.25) is 0 Å². The first kappa shape index (κ1) is 17.0. The highest BCUT2D eigenvalue weighted by atomic mass is 16.1. The third-order valence-electron chi connectivity index (χ3n) is 4.37. The van der Waals surface area contributed by atoms with Crippen molar-refractivity contribution in [3.63, 3.8) is 0 Å². The number of amidine groups is 1. The SMILES string of the molecule is [CH2]CCCCn1c(=O)c(-c2cccc(C(=N)N)c2)cc2ccccc21. The van der Waals surface area contributed by atoms with E-state index in [1.807, 2.05) is 47.0 Å². The molecule has 0 aliphatic heterocycles. The third kappa shape index (κ3) is 3.48. The number of nitrogens with one attached hydrogen (secondary N) is 1. The average molecular weight is 332 g/mol. The number of para-hydroxylation sites is 1. The predicted molar refractivity (Wildman–Crippen MR) is 104 cm³/mol. The van der Waals surface area contributed by atoms with Crippen LogP contribution in [0.5, 0.6) is 0 Å².